The van der Waals surface area contributed by atoms with Gasteiger partial charge in [0.05, 0.1) is 11.1 Å². The van der Waals surface area contributed by atoms with Crippen LogP contribution in [0.15, 0.2) is 35.1 Å². The number of hydrogen-bond donors (Lipinski definition) is 1. The van der Waals surface area contributed by atoms with Crippen molar-refractivity contribution >= 4 is 33.8 Å². The number of aryl methyl sites for hydroxylation is 1. The molecular weight excluding hydrogens is 324 g/mol. The van der Waals surface area contributed by atoms with E-state index in [2.05, 4.69) is 11.9 Å². The van der Waals surface area contributed by atoms with Gasteiger partial charge in [-0.1, -0.05) is 31.5 Å². The van der Waals surface area contributed by atoms with E-state index in [9.17, 15) is 4.79 Å². The number of thiophene rings is 1. The molecule has 23 heavy (non-hydrogen) atoms. The number of aromatic amines is 1. The topological polar surface area (TPSA) is 37.8 Å². The first kappa shape index (κ1) is 14.8. The smallest absolute Gasteiger partial charge is 0.267 e. The van der Waals surface area contributed by atoms with E-state index in [0.29, 0.717) is 4.77 Å². The number of rotatable bonds is 2. The lowest BCUT2D eigenvalue weighted by Gasteiger charge is -2.20. The summed E-state index contributed by atoms with van der Waals surface area (Å²) < 4.78 is 2.09. The van der Waals surface area contributed by atoms with Gasteiger partial charge in [-0.25, -0.2) is 0 Å². The summed E-state index contributed by atoms with van der Waals surface area (Å²) in [6.45, 7) is 2.25. The summed E-state index contributed by atoms with van der Waals surface area (Å²) >= 11 is 7.17. The molecule has 5 heteroatoms. The highest BCUT2D eigenvalue weighted by Gasteiger charge is 2.24. The molecule has 2 heterocycles. The highest BCUT2D eigenvalue weighted by molar-refractivity contribution is 7.71. The molecule has 3 aromatic rings. The summed E-state index contributed by atoms with van der Waals surface area (Å²) in [5.41, 5.74) is 2.08. The number of H-pyrrole nitrogens is 1. The van der Waals surface area contributed by atoms with Crippen molar-refractivity contribution in [1.82, 2.24) is 9.55 Å². The van der Waals surface area contributed by atoms with Crippen molar-refractivity contribution in [3.05, 3.63) is 55.9 Å². The van der Waals surface area contributed by atoms with Crippen LogP contribution >= 0.6 is 23.6 Å². The highest BCUT2D eigenvalue weighted by Crippen LogP contribution is 2.36. The third-order valence-electron chi connectivity index (χ3n) is 4.80. The molecule has 0 spiro atoms. The minimum absolute atomic E-state index is 0.0161. The van der Waals surface area contributed by atoms with Gasteiger partial charge in [-0.2, -0.15) is 0 Å². The van der Waals surface area contributed by atoms with E-state index in [-0.39, 0.29) is 5.56 Å². The van der Waals surface area contributed by atoms with Crippen LogP contribution < -0.4 is 5.56 Å². The Labute approximate surface area is 143 Å². The van der Waals surface area contributed by atoms with Crippen molar-refractivity contribution in [2.45, 2.75) is 32.6 Å². The zero-order chi connectivity index (χ0) is 16.0. The summed E-state index contributed by atoms with van der Waals surface area (Å²) in [6.07, 6.45) is 4.48. The first-order chi connectivity index (χ1) is 11.2. The molecule has 3 nitrogen and oxygen atoms in total. The van der Waals surface area contributed by atoms with Crippen LogP contribution in [-0.2, 0) is 12.8 Å². The summed E-state index contributed by atoms with van der Waals surface area (Å²) in [6, 6.07) is 9.63. The van der Waals surface area contributed by atoms with Gasteiger partial charge in [0.25, 0.3) is 5.56 Å². The Bertz CT molecular complexity index is 982. The second-order valence-corrected chi connectivity index (χ2v) is 7.62. The van der Waals surface area contributed by atoms with E-state index in [1.807, 2.05) is 30.3 Å². The van der Waals surface area contributed by atoms with Gasteiger partial charge in [0.15, 0.2) is 4.77 Å². The first-order valence-electron chi connectivity index (χ1n) is 8.04. The predicted octanol–water partition coefficient (Wildman–Crippen LogP) is 4.62. The van der Waals surface area contributed by atoms with Crippen LogP contribution in [0.5, 0.6) is 0 Å². The Morgan fingerprint density at radius 3 is 2.87 bits per heavy atom. The van der Waals surface area contributed by atoms with E-state index >= 15 is 0 Å². The van der Waals surface area contributed by atoms with Crippen molar-refractivity contribution in [1.29, 1.82) is 0 Å². The van der Waals surface area contributed by atoms with Gasteiger partial charge in [0.2, 0.25) is 0 Å². The molecule has 0 saturated carbocycles. The summed E-state index contributed by atoms with van der Waals surface area (Å²) in [4.78, 5) is 18.7. The van der Waals surface area contributed by atoms with Gasteiger partial charge in [-0.3, -0.25) is 9.36 Å². The first-order valence-corrected chi connectivity index (χ1v) is 9.26. The number of hydrogen-bond acceptors (Lipinski definition) is 3. The summed E-state index contributed by atoms with van der Waals surface area (Å²) in [5, 5.41) is 0.844. The van der Waals surface area contributed by atoms with Crippen LogP contribution in [0.2, 0.25) is 0 Å². The zero-order valence-electron chi connectivity index (χ0n) is 13.0. The maximum Gasteiger partial charge on any atom is 0.267 e. The minimum atomic E-state index is 0.0161. The lowest BCUT2D eigenvalue weighted by molar-refractivity contribution is 0.451. The van der Waals surface area contributed by atoms with E-state index in [1.165, 1.54) is 23.3 Å². The zero-order valence-corrected chi connectivity index (χ0v) is 14.6. The largest absolute Gasteiger partial charge is 0.323 e. The Hall–Kier alpha value is -1.72. The fourth-order valence-electron chi connectivity index (χ4n) is 3.49. The molecular formula is C18H18N2OS2. The van der Waals surface area contributed by atoms with Crippen LogP contribution in [0.25, 0.3) is 15.9 Å². The van der Waals surface area contributed by atoms with Crippen molar-refractivity contribution in [3.8, 4) is 5.69 Å². The molecule has 1 N–H and O–H groups in total. The Kier molecular flexibility index (Phi) is 3.70. The maximum atomic E-state index is 13.1. The van der Waals surface area contributed by atoms with Gasteiger partial charge in [0, 0.05) is 4.88 Å². The molecule has 0 amide bonds. The predicted molar refractivity (Wildman–Crippen MR) is 98.4 cm³/mol. The van der Waals surface area contributed by atoms with Crippen molar-refractivity contribution in [2.75, 3.05) is 0 Å². The number of nitrogens with one attached hydrogen (secondary N) is 1. The van der Waals surface area contributed by atoms with Gasteiger partial charge >= 0.3 is 0 Å². The molecule has 4 rings (SSSR count). The molecule has 0 aliphatic heterocycles. The summed E-state index contributed by atoms with van der Waals surface area (Å²) in [7, 11) is 0. The molecule has 0 fully saturated rings. The van der Waals surface area contributed by atoms with Crippen LogP contribution in [0, 0.1) is 10.7 Å². The highest BCUT2D eigenvalue weighted by atomic mass is 32.1. The summed E-state index contributed by atoms with van der Waals surface area (Å²) in [5.74, 6) is 0.745. The molecule has 2 aromatic heterocycles. The normalized spacial score (nSPS) is 17.3. The third-order valence-corrected chi connectivity index (χ3v) is 6.25. The van der Waals surface area contributed by atoms with E-state index in [4.69, 9.17) is 12.2 Å². The molecule has 0 saturated heterocycles. The number of fused-ring (bicyclic) bond motifs is 3. The van der Waals surface area contributed by atoms with Gasteiger partial charge < -0.3 is 4.98 Å². The van der Waals surface area contributed by atoms with Crippen LogP contribution in [0.1, 0.15) is 30.2 Å². The van der Waals surface area contributed by atoms with Crippen LogP contribution in [0.3, 0.4) is 0 Å². The average molecular weight is 342 g/mol. The van der Waals surface area contributed by atoms with Crippen LogP contribution in [0.4, 0.5) is 0 Å². The number of nitrogens with zero attached hydrogens (tertiary/aromatic N) is 1. The molecule has 0 unspecified atom stereocenters. The molecule has 1 aliphatic carbocycles. The number of para-hydroxylation sites is 1. The fourth-order valence-corrected chi connectivity index (χ4v) is 5.19. The third kappa shape index (κ3) is 2.39. The van der Waals surface area contributed by atoms with Crippen molar-refractivity contribution in [3.63, 3.8) is 0 Å². The van der Waals surface area contributed by atoms with E-state index < -0.39 is 0 Å². The second-order valence-electron chi connectivity index (χ2n) is 6.13. The monoisotopic (exact) mass is 342 g/mol. The Morgan fingerprint density at radius 2 is 2.13 bits per heavy atom. The molecule has 0 bridgehead atoms. The standard InChI is InChI=1S/C18H18N2OS2/c1-2-11-8-9-13-14(10-11)23-16-15(13)17(21)20(18(22)19-16)12-6-4-3-5-7-12/h3-7,11H,2,8-10H2,1H3,(H,19,22)/t11-/m1/s1. The van der Waals surface area contributed by atoms with Gasteiger partial charge in [-0.15, -0.1) is 11.3 Å². The van der Waals surface area contributed by atoms with Gasteiger partial charge in [-0.05, 0) is 55.1 Å². The molecule has 118 valence electrons. The fraction of sp³-hybridized carbons (Fsp3) is 0.333. The lowest BCUT2D eigenvalue weighted by atomic mass is 9.86. The Morgan fingerprint density at radius 1 is 1.35 bits per heavy atom. The number of benzene rings is 1. The van der Waals surface area contributed by atoms with Crippen molar-refractivity contribution < 1.29 is 0 Å². The molecule has 1 aliphatic rings. The maximum absolute atomic E-state index is 13.1. The van der Waals surface area contributed by atoms with Gasteiger partial charge in [0.1, 0.15) is 4.83 Å². The quantitative estimate of drug-likeness (QED) is 0.690. The molecule has 1 atom stereocenters. The second kappa shape index (κ2) is 5.73. The van der Waals surface area contributed by atoms with E-state index in [0.717, 1.165) is 34.7 Å². The number of aromatic nitrogens is 2. The molecule has 0 radical (unpaired) electrons. The van der Waals surface area contributed by atoms with Crippen LogP contribution in [-0.4, -0.2) is 9.55 Å². The minimum Gasteiger partial charge on any atom is -0.323 e. The average Bonchev–Trinajstić information content (AvgIpc) is 2.92. The SMILES string of the molecule is CC[C@@H]1CCc2c(sc3[nH]c(=S)n(-c4ccccc4)c(=O)c23)C1. The van der Waals surface area contributed by atoms with E-state index in [1.54, 1.807) is 15.9 Å². The van der Waals surface area contributed by atoms with Crippen molar-refractivity contribution in [2.24, 2.45) is 5.92 Å². The Balaban J connectivity index is 1.99. The molecule has 1 aromatic carbocycles. The lowest BCUT2D eigenvalue weighted by Crippen LogP contribution is -2.21.